The number of rotatable bonds is 7. The molecule has 7 nitrogen and oxygen atoms in total. The van der Waals surface area contributed by atoms with Crippen LogP contribution in [0.4, 0.5) is 0 Å². The SMILES string of the molecule is CNC(=O)COc1ccc(S(=O)(=O)NC[C@@H]2CCCO2)cc1C. The molecule has 1 atom stereocenters. The van der Waals surface area contributed by atoms with Crippen molar-refractivity contribution in [1.82, 2.24) is 10.0 Å². The monoisotopic (exact) mass is 342 g/mol. The summed E-state index contributed by atoms with van der Waals surface area (Å²) in [5.74, 6) is 0.228. The van der Waals surface area contributed by atoms with Crippen LogP contribution in [-0.4, -0.2) is 47.2 Å². The van der Waals surface area contributed by atoms with Gasteiger partial charge >= 0.3 is 0 Å². The van der Waals surface area contributed by atoms with Crippen LogP contribution in [0, 0.1) is 6.92 Å². The van der Waals surface area contributed by atoms with E-state index in [0.717, 1.165) is 12.8 Å². The number of aryl methyl sites for hydroxylation is 1. The molecule has 1 aliphatic rings. The largest absolute Gasteiger partial charge is 0.484 e. The summed E-state index contributed by atoms with van der Waals surface area (Å²) in [4.78, 5) is 11.3. The molecule has 0 aromatic heterocycles. The second kappa shape index (κ2) is 7.76. The summed E-state index contributed by atoms with van der Waals surface area (Å²) in [6.45, 7) is 2.58. The zero-order chi connectivity index (χ0) is 16.9. The lowest BCUT2D eigenvalue weighted by Crippen LogP contribution is -2.31. The lowest BCUT2D eigenvalue weighted by molar-refractivity contribution is -0.122. The quantitative estimate of drug-likeness (QED) is 0.756. The highest BCUT2D eigenvalue weighted by Crippen LogP contribution is 2.22. The second-order valence-corrected chi connectivity index (χ2v) is 7.14. The number of carbonyl (C=O) groups is 1. The molecule has 2 N–H and O–H groups in total. The number of amides is 1. The van der Waals surface area contributed by atoms with Gasteiger partial charge in [-0.15, -0.1) is 0 Å². The Bertz CT molecular complexity index is 654. The Morgan fingerprint density at radius 3 is 2.83 bits per heavy atom. The molecule has 1 heterocycles. The van der Waals surface area contributed by atoms with Crippen molar-refractivity contribution in [3.63, 3.8) is 0 Å². The Kier molecular flexibility index (Phi) is 5.97. The maximum atomic E-state index is 12.3. The lowest BCUT2D eigenvalue weighted by Gasteiger charge is -2.13. The van der Waals surface area contributed by atoms with E-state index >= 15 is 0 Å². The van der Waals surface area contributed by atoms with Gasteiger partial charge in [0.15, 0.2) is 6.61 Å². The van der Waals surface area contributed by atoms with Gasteiger partial charge in [-0.2, -0.15) is 0 Å². The minimum Gasteiger partial charge on any atom is -0.484 e. The molecule has 23 heavy (non-hydrogen) atoms. The molecule has 0 aliphatic carbocycles. The average Bonchev–Trinajstić information content (AvgIpc) is 3.05. The third-order valence-corrected chi connectivity index (χ3v) is 5.04. The number of hydrogen-bond acceptors (Lipinski definition) is 5. The Morgan fingerprint density at radius 1 is 1.43 bits per heavy atom. The van der Waals surface area contributed by atoms with Crippen molar-refractivity contribution >= 4 is 15.9 Å². The first-order chi connectivity index (χ1) is 10.9. The van der Waals surface area contributed by atoms with Gasteiger partial charge in [-0.3, -0.25) is 4.79 Å². The molecule has 0 spiro atoms. The van der Waals surface area contributed by atoms with Gasteiger partial charge in [-0.05, 0) is 43.5 Å². The van der Waals surface area contributed by atoms with Crippen molar-refractivity contribution in [1.29, 1.82) is 0 Å². The van der Waals surface area contributed by atoms with Crippen LogP contribution in [0.1, 0.15) is 18.4 Å². The Hall–Kier alpha value is -1.64. The first-order valence-corrected chi connectivity index (χ1v) is 8.96. The molecule has 0 bridgehead atoms. The van der Waals surface area contributed by atoms with Crippen LogP contribution in [-0.2, 0) is 19.6 Å². The van der Waals surface area contributed by atoms with Crippen LogP contribution >= 0.6 is 0 Å². The summed E-state index contributed by atoms with van der Waals surface area (Å²) in [5.41, 5.74) is 0.647. The van der Waals surface area contributed by atoms with Crippen molar-refractivity contribution < 1.29 is 22.7 Å². The highest BCUT2D eigenvalue weighted by atomic mass is 32.2. The number of benzene rings is 1. The molecular formula is C15H22N2O5S. The van der Waals surface area contributed by atoms with Gasteiger partial charge in [-0.25, -0.2) is 13.1 Å². The minimum absolute atomic E-state index is 0.0546. The van der Waals surface area contributed by atoms with E-state index in [0.29, 0.717) is 17.9 Å². The molecule has 1 aromatic rings. The minimum atomic E-state index is -3.59. The van der Waals surface area contributed by atoms with Crippen LogP contribution in [0.15, 0.2) is 23.1 Å². The van der Waals surface area contributed by atoms with E-state index in [1.54, 1.807) is 13.0 Å². The molecular weight excluding hydrogens is 320 g/mol. The van der Waals surface area contributed by atoms with Crippen molar-refractivity contribution in [2.75, 3.05) is 26.8 Å². The predicted molar refractivity (Wildman–Crippen MR) is 84.9 cm³/mol. The van der Waals surface area contributed by atoms with Gasteiger partial charge in [-0.1, -0.05) is 0 Å². The van der Waals surface area contributed by atoms with Crippen LogP contribution in [0.5, 0.6) is 5.75 Å². The molecule has 128 valence electrons. The number of hydrogen-bond donors (Lipinski definition) is 2. The van der Waals surface area contributed by atoms with E-state index in [2.05, 4.69) is 10.0 Å². The van der Waals surface area contributed by atoms with Gasteiger partial charge in [0.05, 0.1) is 11.0 Å². The summed E-state index contributed by atoms with van der Waals surface area (Å²) >= 11 is 0. The Morgan fingerprint density at radius 2 is 2.22 bits per heavy atom. The van der Waals surface area contributed by atoms with Crippen molar-refractivity contribution in [2.45, 2.75) is 30.8 Å². The molecule has 0 saturated carbocycles. The van der Waals surface area contributed by atoms with Gasteiger partial charge < -0.3 is 14.8 Å². The number of likely N-dealkylation sites (N-methyl/N-ethyl adjacent to an activating group) is 1. The summed E-state index contributed by atoms with van der Waals surface area (Å²) in [6.07, 6.45) is 1.78. The third-order valence-electron chi connectivity index (χ3n) is 3.62. The summed E-state index contributed by atoms with van der Waals surface area (Å²) in [6, 6.07) is 4.54. The molecule has 2 rings (SSSR count). The third kappa shape index (κ3) is 4.92. The van der Waals surface area contributed by atoms with Crippen molar-refractivity contribution in [3.8, 4) is 5.75 Å². The standard InChI is InChI=1S/C15H22N2O5S/c1-11-8-13(5-6-14(11)22-10-15(18)16-2)23(19,20)17-9-12-4-3-7-21-12/h5-6,8,12,17H,3-4,7,9-10H2,1-2H3,(H,16,18)/t12-/m0/s1. The van der Waals surface area contributed by atoms with Gasteiger partial charge in [0.2, 0.25) is 10.0 Å². The van der Waals surface area contributed by atoms with E-state index in [1.807, 2.05) is 0 Å². The Balaban J connectivity index is 2.01. The normalized spacial score (nSPS) is 17.9. The van der Waals surface area contributed by atoms with E-state index < -0.39 is 10.0 Å². The maximum absolute atomic E-state index is 12.3. The molecule has 1 saturated heterocycles. The highest BCUT2D eigenvalue weighted by molar-refractivity contribution is 7.89. The molecule has 1 aromatic carbocycles. The molecule has 0 radical (unpaired) electrons. The van der Waals surface area contributed by atoms with Crippen molar-refractivity contribution in [2.24, 2.45) is 0 Å². The summed E-state index contributed by atoms with van der Waals surface area (Å²) < 4.78 is 37.9. The Labute approximate surface area is 136 Å². The summed E-state index contributed by atoms with van der Waals surface area (Å²) in [7, 11) is -2.07. The topological polar surface area (TPSA) is 93.7 Å². The van der Waals surface area contributed by atoms with Crippen molar-refractivity contribution in [3.05, 3.63) is 23.8 Å². The molecule has 1 amide bonds. The fourth-order valence-electron chi connectivity index (χ4n) is 2.26. The fourth-order valence-corrected chi connectivity index (χ4v) is 3.41. The first-order valence-electron chi connectivity index (χ1n) is 7.47. The van der Waals surface area contributed by atoms with E-state index in [9.17, 15) is 13.2 Å². The predicted octanol–water partition coefficient (Wildman–Crippen LogP) is 0.577. The number of sulfonamides is 1. The van der Waals surface area contributed by atoms with Crippen LogP contribution in [0.25, 0.3) is 0 Å². The number of ether oxygens (including phenoxy) is 2. The number of carbonyl (C=O) groups excluding carboxylic acids is 1. The van der Waals surface area contributed by atoms with Crippen LogP contribution in [0.2, 0.25) is 0 Å². The maximum Gasteiger partial charge on any atom is 0.257 e. The van der Waals surface area contributed by atoms with Gasteiger partial charge in [0.1, 0.15) is 5.75 Å². The van der Waals surface area contributed by atoms with E-state index in [4.69, 9.17) is 9.47 Å². The van der Waals surface area contributed by atoms with Gasteiger partial charge in [0.25, 0.3) is 5.91 Å². The lowest BCUT2D eigenvalue weighted by atomic mass is 10.2. The average molecular weight is 342 g/mol. The first kappa shape index (κ1) is 17.7. The highest BCUT2D eigenvalue weighted by Gasteiger charge is 2.20. The second-order valence-electron chi connectivity index (χ2n) is 5.38. The molecule has 8 heteroatoms. The zero-order valence-electron chi connectivity index (χ0n) is 13.3. The molecule has 0 unspecified atom stereocenters. The van der Waals surface area contributed by atoms with E-state index in [-0.39, 0.29) is 30.1 Å². The summed E-state index contributed by atoms with van der Waals surface area (Å²) in [5, 5.41) is 2.45. The fraction of sp³-hybridized carbons (Fsp3) is 0.533. The smallest absolute Gasteiger partial charge is 0.257 e. The zero-order valence-corrected chi connectivity index (χ0v) is 14.1. The molecule has 1 aliphatic heterocycles. The number of nitrogens with one attached hydrogen (secondary N) is 2. The molecule has 1 fully saturated rings. The van der Waals surface area contributed by atoms with Crippen LogP contribution < -0.4 is 14.8 Å². The van der Waals surface area contributed by atoms with E-state index in [1.165, 1.54) is 19.2 Å². The van der Waals surface area contributed by atoms with Crippen LogP contribution in [0.3, 0.4) is 0 Å². The van der Waals surface area contributed by atoms with Gasteiger partial charge in [0, 0.05) is 20.2 Å².